The molecule has 1 aromatic heterocycles. The molecule has 0 unspecified atom stereocenters. The molecule has 0 aliphatic carbocycles. The lowest BCUT2D eigenvalue weighted by molar-refractivity contribution is 0.448. The largest absolute Gasteiger partial charge is 0.264 e. The van der Waals surface area contributed by atoms with Crippen LogP contribution in [0.2, 0.25) is 0 Å². The minimum absolute atomic E-state index is 0.245. The summed E-state index contributed by atoms with van der Waals surface area (Å²) < 4.78 is 40.0. The molecule has 130 valence electrons. The third-order valence-electron chi connectivity index (χ3n) is 3.81. The maximum Gasteiger partial charge on any atom is 0.194 e. The maximum atomic E-state index is 13.4. The number of nitrogens with zero attached hydrogens (tertiary/aromatic N) is 3. The first kappa shape index (κ1) is 17.5. The normalized spacial score (nSPS) is 11.5. The highest BCUT2D eigenvalue weighted by atomic mass is 19.2. The molecule has 0 bridgehead atoms. The Hall–Kier alpha value is -3.28. The van der Waals surface area contributed by atoms with Gasteiger partial charge in [-0.3, -0.25) is 4.98 Å². The van der Waals surface area contributed by atoms with Gasteiger partial charge in [0.1, 0.15) is 0 Å². The van der Waals surface area contributed by atoms with Crippen LogP contribution >= 0.6 is 0 Å². The van der Waals surface area contributed by atoms with Crippen molar-refractivity contribution in [3.8, 4) is 11.1 Å². The summed E-state index contributed by atoms with van der Waals surface area (Å²) in [7, 11) is 0. The number of pyridine rings is 1. The third-order valence-corrected chi connectivity index (χ3v) is 3.81. The van der Waals surface area contributed by atoms with Gasteiger partial charge in [0.05, 0.1) is 5.69 Å². The minimum atomic E-state index is -1.48. The molecule has 1 heterocycles. The van der Waals surface area contributed by atoms with Gasteiger partial charge in [0.25, 0.3) is 0 Å². The molecular formula is C20H14F3N3. The average Bonchev–Trinajstić information content (AvgIpc) is 2.65. The number of aliphatic imine (C=N–C) groups is 2. The maximum absolute atomic E-state index is 13.4. The number of rotatable bonds is 3. The van der Waals surface area contributed by atoms with Gasteiger partial charge < -0.3 is 0 Å². The molecule has 3 aromatic rings. The van der Waals surface area contributed by atoms with Crippen molar-refractivity contribution in [3.63, 3.8) is 0 Å². The first-order chi connectivity index (χ1) is 12.5. The van der Waals surface area contributed by atoms with Crippen molar-refractivity contribution < 1.29 is 13.2 Å². The quantitative estimate of drug-likeness (QED) is 0.360. The second kappa shape index (κ2) is 7.31. The van der Waals surface area contributed by atoms with Crippen LogP contribution < -0.4 is 0 Å². The molecule has 0 saturated heterocycles. The van der Waals surface area contributed by atoms with Crippen molar-refractivity contribution in [2.45, 2.75) is 6.92 Å². The predicted octanol–water partition coefficient (Wildman–Crippen LogP) is 5.25. The van der Waals surface area contributed by atoms with Gasteiger partial charge in [0.15, 0.2) is 23.3 Å². The Kier molecular flexibility index (Phi) is 4.93. The van der Waals surface area contributed by atoms with E-state index >= 15 is 0 Å². The van der Waals surface area contributed by atoms with Gasteiger partial charge in [-0.25, -0.2) is 23.2 Å². The van der Waals surface area contributed by atoms with Crippen LogP contribution in [0.3, 0.4) is 0 Å². The van der Waals surface area contributed by atoms with Crippen molar-refractivity contribution in [1.82, 2.24) is 4.98 Å². The van der Waals surface area contributed by atoms with Crippen molar-refractivity contribution in [2.75, 3.05) is 0 Å². The van der Waals surface area contributed by atoms with Crippen molar-refractivity contribution in [2.24, 2.45) is 9.98 Å². The van der Waals surface area contributed by atoms with Crippen molar-refractivity contribution in [1.29, 1.82) is 0 Å². The summed E-state index contributed by atoms with van der Waals surface area (Å²) in [4.78, 5) is 12.4. The zero-order valence-corrected chi connectivity index (χ0v) is 13.9. The van der Waals surface area contributed by atoms with Crippen LogP contribution in [0.25, 0.3) is 11.1 Å². The topological polar surface area (TPSA) is 37.6 Å². The molecule has 0 amide bonds. The van der Waals surface area contributed by atoms with Crippen LogP contribution in [0.5, 0.6) is 0 Å². The molecule has 0 atom stereocenters. The molecular weight excluding hydrogens is 339 g/mol. The van der Waals surface area contributed by atoms with E-state index in [9.17, 15) is 13.2 Å². The third kappa shape index (κ3) is 3.54. The van der Waals surface area contributed by atoms with E-state index in [4.69, 9.17) is 0 Å². The lowest BCUT2D eigenvalue weighted by atomic mass is 10.0. The first-order valence-electron chi connectivity index (χ1n) is 7.71. The smallest absolute Gasteiger partial charge is 0.194 e. The molecule has 0 aliphatic rings. The van der Waals surface area contributed by atoms with E-state index < -0.39 is 17.5 Å². The zero-order valence-electron chi connectivity index (χ0n) is 13.9. The predicted molar refractivity (Wildman–Crippen MR) is 96.5 cm³/mol. The van der Waals surface area contributed by atoms with Gasteiger partial charge in [-0.05, 0) is 66.7 Å². The molecule has 3 rings (SSSR count). The second-order valence-corrected chi connectivity index (χ2v) is 5.59. The summed E-state index contributed by atoms with van der Waals surface area (Å²) in [6.45, 7) is 5.34. The van der Waals surface area contributed by atoms with E-state index in [1.807, 2.05) is 13.0 Å². The summed E-state index contributed by atoms with van der Waals surface area (Å²) >= 11 is 0. The Morgan fingerprint density at radius 3 is 2.31 bits per heavy atom. The van der Waals surface area contributed by atoms with Crippen molar-refractivity contribution in [3.05, 3.63) is 83.4 Å². The van der Waals surface area contributed by atoms with Crippen LogP contribution in [0.4, 0.5) is 18.9 Å². The summed E-state index contributed by atoms with van der Waals surface area (Å²) in [5.41, 5.74) is 2.90. The van der Waals surface area contributed by atoms with Gasteiger partial charge in [0.2, 0.25) is 0 Å². The molecule has 0 spiro atoms. The first-order valence-corrected chi connectivity index (χ1v) is 7.71. The summed E-state index contributed by atoms with van der Waals surface area (Å²) in [5, 5.41) is 0. The number of benzene rings is 2. The Morgan fingerprint density at radius 2 is 1.73 bits per heavy atom. The Balaban J connectivity index is 2.00. The molecule has 0 saturated carbocycles. The number of hydrogen-bond donors (Lipinski definition) is 0. The monoisotopic (exact) mass is 353 g/mol. The fraction of sp³-hybridized carbons (Fsp3) is 0.0500. The molecule has 0 aliphatic heterocycles. The Labute approximate surface area is 148 Å². The molecule has 0 fully saturated rings. The van der Waals surface area contributed by atoms with E-state index in [1.54, 1.807) is 36.7 Å². The number of aryl methyl sites for hydroxylation is 1. The lowest BCUT2D eigenvalue weighted by Gasteiger charge is -2.08. The molecule has 0 radical (unpaired) electrons. The molecule has 3 nitrogen and oxygen atoms in total. The molecule has 6 heteroatoms. The minimum Gasteiger partial charge on any atom is -0.264 e. The number of halogens is 3. The fourth-order valence-electron chi connectivity index (χ4n) is 2.48. The number of hydrogen-bond acceptors (Lipinski definition) is 2. The highest BCUT2D eigenvalue weighted by Crippen LogP contribution is 2.29. The van der Waals surface area contributed by atoms with Gasteiger partial charge in [-0.1, -0.05) is 6.07 Å². The molecule has 2 aromatic carbocycles. The van der Waals surface area contributed by atoms with E-state index in [-0.39, 0.29) is 5.56 Å². The summed E-state index contributed by atoms with van der Waals surface area (Å²) in [6, 6.07) is 10.6. The van der Waals surface area contributed by atoms with E-state index in [1.165, 1.54) is 0 Å². The SMILES string of the molecule is C=NC(=Nc1ccc(-c2cc(F)c(F)c(F)c2)cc1C)c1cccnc1. The summed E-state index contributed by atoms with van der Waals surface area (Å²) in [5.74, 6) is -3.53. The molecule has 0 N–H and O–H groups in total. The van der Waals surface area contributed by atoms with Crippen LogP contribution in [-0.2, 0) is 0 Å². The zero-order chi connectivity index (χ0) is 18.7. The van der Waals surface area contributed by atoms with Crippen LogP contribution in [-0.4, -0.2) is 17.5 Å². The van der Waals surface area contributed by atoms with Gasteiger partial charge in [0, 0.05) is 18.0 Å². The van der Waals surface area contributed by atoms with E-state index in [0.29, 0.717) is 22.6 Å². The Morgan fingerprint density at radius 1 is 1.00 bits per heavy atom. The van der Waals surface area contributed by atoms with Crippen LogP contribution in [0.1, 0.15) is 11.1 Å². The van der Waals surface area contributed by atoms with Crippen LogP contribution in [0.15, 0.2) is 64.8 Å². The fourth-order valence-corrected chi connectivity index (χ4v) is 2.48. The lowest BCUT2D eigenvalue weighted by Crippen LogP contribution is -1.97. The summed E-state index contributed by atoms with van der Waals surface area (Å²) in [6.07, 6.45) is 3.27. The van der Waals surface area contributed by atoms with Crippen molar-refractivity contribution >= 4 is 18.2 Å². The van der Waals surface area contributed by atoms with E-state index in [0.717, 1.165) is 17.7 Å². The highest BCUT2D eigenvalue weighted by Gasteiger charge is 2.12. The Bertz CT molecular complexity index is 975. The number of aromatic nitrogens is 1. The van der Waals surface area contributed by atoms with Gasteiger partial charge in [-0.15, -0.1) is 0 Å². The van der Waals surface area contributed by atoms with Crippen LogP contribution in [0, 0.1) is 24.4 Å². The van der Waals surface area contributed by atoms with Gasteiger partial charge >= 0.3 is 0 Å². The second-order valence-electron chi connectivity index (χ2n) is 5.59. The number of amidine groups is 1. The molecule has 26 heavy (non-hydrogen) atoms. The average molecular weight is 353 g/mol. The highest BCUT2D eigenvalue weighted by molar-refractivity contribution is 6.02. The standard InChI is InChI=1S/C20H14F3N3/c1-12-8-13(15-9-16(21)19(23)17(22)10-15)5-6-18(12)26-20(24-2)14-4-3-7-25-11-14/h3-11H,2H2,1H3. The van der Waals surface area contributed by atoms with Gasteiger partial charge in [-0.2, -0.15) is 0 Å². The van der Waals surface area contributed by atoms with E-state index in [2.05, 4.69) is 21.7 Å².